The van der Waals surface area contributed by atoms with Crippen LogP contribution in [0.15, 0.2) is 72.8 Å². The number of hydrogen-bond acceptors (Lipinski definition) is 4. The first kappa shape index (κ1) is 25.3. The van der Waals surface area contributed by atoms with E-state index in [4.69, 9.17) is 9.47 Å². The van der Waals surface area contributed by atoms with Gasteiger partial charge in [-0.15, -0.1) is 0 Å². The highest BCUT2D eigenvalue weighted by Crippen LogP contribution is 2.31. The van der Waals surface area contributed by atoms with Gasteiger partial charge in [0.2, 0.25) is 11.8 Å². The quantitative estimate of drug-likeness (QED) is 0.459. The summed E-state index contributed by atoms with van der Waals surface area (Å²) in [6.07, 6.45) is 1.29. The number of benzene rings is 3. The van der Waals surface area contributed by atoms with E-state index in [1.807, 2.05) is 80.6 Å². The van der Waals surface area contributed by atoms with E-state index in [2.05, 4.69) is 11.4 Å². The molecule has 0 aliphatic carbocycles. The molecule has 0 saturated carbocycles. The molecule has 1 aliphatic rings. The number of carbonyl (C=O) groups excluding carboxylic acids is 2. The molecule has 36 heavy (non-hydrogen) atoms. The first-order chi connectivity index (χ1) is 17.5. The van der Waals surface area contributed by atoms with Crippen LogP contribution in [0.4, 0.5) is 0 Å². The Morgan fingerprint density at radius 3 is 2.39 bits per heavy atom. The second-order valence-corrected chi connectivity index (χ2v) is 9.09. The highest BCUT2D eigenvalue weighted by atomic mass is 16.6. The zero-order valence-electron chi connectivity index (χ0n) is 21.0. The molecule has 1 heterocycles. The fourth-order valence-corrected chi connectivity index (χ4v) is 4.49. The van der Waals surface area contributed by atoms with Crippen molar-refractivity contribution in [3.63, 3.8) is 0 Å². The van der Waals surface area contributed by atoms with Crippen LogP contribution < -0.4 is 14.8 Å². The molecule has 0 bridgehead atoms. The molecule has 6 heteroatoms. The predicted molar refractivity (Wildman–Crippen MR) is 140 cm³/mol. The molecule has 1 aliphatic heterocycles. The van der Waals surface area contributed by atoms with Crippen molar-refractivity contribution in [2.75, 3.05) is 19.8 Å². The second-order valence-electron chi connectivity index (χ2n) is 9.09. The summed E-state index contributed by atoms with van der Waals surface area (Å²) in [6, 6.07) is 23.1. The summed E-state index contributed by atoms with van der Waals surface area (Å²) in [4.78, 5) is 28.7. The number of carbonyl (C=O) groups is 2. The summed E-state index contributed by atoms with van der Waals surface area (Å²) in [5.41, 5.74) is 4.14. The SMILES string of the molecule is CCNC(=O)[C@H](Cc1ccccc1)N(Cc1cccc(C)c1)C(=O)CCc1ccc2c(c1)OCCO2. The van der Waals surface area contributed by atoms with Crippen molar-refractivity contribution < 1.29 is 19.1 Å². The van der Waals surface area contributed by atoms with Gasteiger partial charge in [0.15, 0.2) is 11.5 Å². The Bertz CT molecular complexity index is 1180. The van der Waals surface area contributed by atoms with Crippen LogP contribution in [0.3, 0.4) is 0 Å². The number of nitrogens with one attached hydrogen (secondary N) is 1. The number of aryl methyl sites for hydroxylation is 2. The molecule has 188 valence electrons. The van der Waals surface area contributed by atoms with Gasteiger partial charge in [-0.05, 0) is 49.1 Å². The van der Waals surface area contributed by atoms with E-state index in [1.165, 1.54) is 0 Å². The maximum Gasteiger partial charge on any atom is 0.243 e. The molecule has 0 aromatic heterocycles. The van der Waals surface area contributed by atoms with E-state index in [0.717, 1.165) is 28.0 Å². The first-order valence-electron chi connectivity index (χ1n) is 12.6. The molecule has 4 rings (SSSR count). The second kappa shape index (κ2) is 12.2. The summed E-state index contributed by atoms with van der Waals surface area (Å²) in [7, 11) is 0. The third kappa shape index (κ3) is 6.66. The van der Waals surface area contributed by atoms with Crippen molar-refractivity contribution in [3.8, 4) is 11.5 Å². The zero-order valence-corrected chi connectivity index (χ0v) is 21.0. The molecule has 3 aromatic rings. The largest absolute Gasteiger partial charge is 0.486 e. The van der Waals surface area contributed by atoms with Gasteiger partial charge in [-0.25, -0.2) is 0 Å². The lowest BCUT2D eigenvalue weighted by Gasteiger charge is -2.31. The molecule has 0 fully saturated rings. The van der Waals surface area contributed by atoms with Crippen LogP contribution in [0.5, 0.6) is 11.5 Å². The average molecular weight is 487 g/mol. The number of rotatable bonds is 10. The van der Waals surface area contributed by atoms with E-state index in [-0.39, 0.29) is 18.2 Å². The van der Waals surface area contributed by atoms with Crippen LogP contribution in [0.2, 0.25) is 0 Å². The lowest BCUT2D eigenvalue weighted by molar-refractivity contribution is -0.141. The molecule has 0 spiro atoms. The number of fused-ring (bicyclic) bond motifs is 1. The standard InChI is InChI=1S/C30H34N2O4/c1-3-31-30(34)26(19-23-9-5-4-6-10-23)32(21-25-11-7-8-22(2)18-25)29(33)15-13-24-12-14-27-28(20-24)36-17-16-35-27/h4-12,14,18,20,26H,3,13,15-17,19,21H2,1-2H3,(H,31,34)/t26-/m0/s1. The zero-order chi connectivity index (χ0) is 25.3. The Morgan fingerprint density at radius 1 is 0.889 bits per heavy atom. The number of hydrogen-bond donors (Lipinski definition) is 1. The van der Waals surface area contributed by atoms with E-state index in [1.54, 1.807) is 4.90 Å². The number of nitrogens with zero attached hydrogens (tertiary/aromatic N) is 1. The number of likely N-dealkylation sites (N-methyl/N-ethyl adjacent to an activating group) is 1. The minimum Gasteiger partial charge on any atom is -0.486 e. The summed E-state index contributed by atoms with van der Waals surface area (Å²) < 4.78 is 11.3. The molecular formula is C30H34N2O4. The van der Waals surface area contributed by atoms with Gasteiger partial charge in [0.05, 0.1) is 0 Å². The molecule has 2 amide bonds. The molecule has 0 saturated heterocycles. The lowest BCUT2D eigenvalue weighted by atomic mass is 10.0. The lowest BCUT2D eigenvalue weighted by Crippen LogP contribution is -2.50. The smallest absolute Gasteiger partial charge is 0.243 e. The van der Waals surface area contributed by atoms with Gasteiger partial charge in [-0.1, -0.05) is 66.2 Å². The van der Waals surface area contributed by atoms with Crippen LogP contribution in [0.25, 0.3) is 0 Å². The maximum absolute atomic E-state index is 13.7. The summed E-state index contributed by atoms with van der Waals surface area (Å²) in [5.74, 6) is 1.25. The van der Waals surface area contributed by atoms with Crippen LogP contribution in [-0.4, -0.2) is 42.5 Å². The van der Waals surface area contributed by atoms with Gasteiger partial charge >= 0.3 is 0 Å². The van der Waals surface area contributed by atoms with Gasteiger partial charge in [0, 0.05) is 25.9 Å². The molecule has 0 radical (unpaired) electrons. The van der Waals surface area contributed by atoms with Gasteiger partial charge < -0.3 is 19.7 Å². The van der Waals surface area contributed by atoms with Crippen molar-refractivity contribution in [3.05, 3.63) is 95.1 Å². The number of ether oxygens (including phenoxy) is 2. The molecule has 1 atom stereocenters. The molecule has 1 N–H and O–H groups in total. The fraction of sp³-hybridized carbons (Fsp3) is 0.333. The van der Waals surface area contributed by atoms with Gasteiger partial charge in [-0.2, -0.15) is 0 Å². The highest BCUT2D eigenvalue weighted by molar-refractivity contribution is 5.88. The van der Waals surface area contributed by atoms with E-state index in [9.17, 15) is 9.59 Å². The predicted octanol–water partition coefficient (Wildman–Crippen LogP) is 4.48. The average Bonchev–Trinajstić information content (AvgIpc) is 2.90. The maximum atomic E-state index is 13.7. The van der Waals surface area contributed by atoms with Crippen molar-refractivity contribution in [1.82, 2.24) is 10.2 Å². The summed E-state index contributed by atoms with van der Waals surface area (Å²) >= 11 is 0. The Labute approximate surface area is 213 Å². The van der Waals surface area contributed by atoms with Gasteiger partial charge in [-0.3, -0.25) is 9.59 Å². The minimum atomic E-state index is -0.611. The Kier molecular flexibility index (Phi) is 8.61. The molecule has 6 nitrogen and oxygen atoms in total. The van der Waals surface area contributed by atoms with Crippen LogP contribution in [-0.2, 0) is 29.0 Å². The third-order valence-electron chi connectivity index (χ3n) is 6.29. The summed E-state index contributed by atoms with van der Waals surface area (Å²) in [6.45, 7) is 5.87. The van der Waals surface area contributed by atoms with Crippen molar-refractivity contribution in [1.29, 1.82) is 0 Å². The normalized spacial score (nSPS) is 13.1. The monoisotopic (exact) mass is 486 g/mol. The molecular weight excluding hydrogens is 452 g/mol. The minimum absolute atomic E-state index is 0.0569. The van der Waals surface area contributed by atoms with Crippen molar-refractivity contribution >= 4 is 11.8 Å². The molecule has 0 unspecified atom stereocenters. The highest BCUT2D eigenvalue weighted by Gasteiger charge is 2.30. The van der Waals surface area contributed by atoms with Gasteiger partial charge in [0.25, 0.3) is 0 Å². The van der Waals surface area contributed by atoms with Crippen LogP contribution in [0.1, 0.15) is 35.6 Å². The van der Waals surface area contributed by atoms with E-state index in [0.29, 0.717) is 44.9 Å². The Balaban J connectivity index is 1.58. The molecule has 3 aromatic carbocycles. The topological polar surface area (TPSA) is 67.9 Å². The first-order valence-corrected chi connectivity index (χ1v) is 12.6. The Hall–Kier alpha value is -3.80. The van der Waals surface area contributed by atoms with E-state index < -0.39 is 6.04 Å². The van der Waals surface area contributed by atoms with E-state index >= 15 is 0 Å². The van der Waals surface area contributed by atoms with Crippen LogP contribution in [0, 0.1) is 6.92 Å². The third-order valence-corrected chi connectivity index (χ3v) is 6.29. The fourth-order valence-electron chi connectivity index (χ4n) is 4.49. The van der Waals surface area contributed by atoms with Crippen LogP contribution >= 0.6 is 0 Å². The van der Waals surface area contributed by atoms with Crippen molar-refractivity contribution in [2.45, 2.75) is 45.7 Å². The van der Waals surface area contributed by atoms with Gasteiger partial charge in [0.1, 0.15) is 19.3 Å². The summed E-state index contributed by atoms with van der Waals surface area (Å²) in [5, 5.41) is 2.94. The Morgan fingerprint density at radius 2 is 1.64 bits per heavy atom. The van der Waals surface area contributed by atoms with Crippen molar-refractivity contribution in [2.24, 2.45) is 0 Å². The number of amides is 2.